The first-order valence-electron chi connectivity index (χ1n) is 4.17. The smallest absolute Gasteiger partial charge is 0.283 e. The predicted octanol–water partition coefficient (Wildman–Crippen LogP) is 1.73. The lowest BCUT2D eigenvalue weighted by atomic mass is 10.4. The van der Waals surface area contributed by atoms with Gasteiger partial charge >= 0.3 is 6.03 Å². The summed E-state index contributed by atoms with van der Waals surface area (Å²) in [6.45, 7) is 3.35. The van der Waals surface area contributed by atoms with E-state index in [2.05, 4.69) is 15.6 Å². The third-order valence-electron chi connectivity index (χ3n) is 1.44. The van der Waals surface area contributed by atoms with E-state index in [0.717, 1.165) is 4.88 Å². The van der Waals surface area contributed by atoms with Gasteiger partial charge in [-0.3, -0.25) is 15.4 Å². The van der Waals surface area contributed by atoms with Gasteiger partial charge < -0.3 is 0 Å². The number of urea groups is 1. The Labute approximate surface area is 95.8 Å². The molecule has 1 aromatic heterocycles. The molecule has 1 rings (SSSR count). The van der Waals surface area contributed by atoms with Gasteiger partial charge in [0.1, 0.15) is 5.38 Å². The van der Waals surface area contributed by atoms with Crippen molar-refractivity contribution < 1.29 is 9.59 Å². The van der Waals surface area contributed by atoms with Crippen LogP contribution in [0.1, 0.15) is 11.8 Å². The van der Waals surface area contributed by atoms with Crippen molar-refractivity contribution in [3.63, 3.8) is 0 Å². The first-order valence-corrected chi connectivity index (χ1v) is 5.42. The van der Waals surface area contributed by atoms with Crippen molar-refractivity contribution in [1.29, 1.82) is 0 Å². The molecule has 7 heteroatoms. The van der Waals surface area contributed by atoms with Crippen molar-refractivity contribution in [3.8, 4) is 0 Å². The number of nitrogens with zero attached hydrogens (tertiary/aromatic N) is 1. The zero-order valence-electron chi connectivity index (χ0n) is 8.20. The third-order valence-corrected chi connectivity index (χ3v) is 2.47. The quantitative estimate of drug-likeness (QED) is 0.782. The molecule has 1 aromatic rings. The second-order valence-electron chi connectivity index (χ2n) is 2.84. The Kier molecular flexibility index (Phi) is 4.05. The van der Waals surface area contributed by atoms with E-state index >= 15 is 0 Å². The van der Waals surface area contributed by atoms with Crippen LogP contribution in [-0.4, -0.2) is 22.3 Å². The van der Waals surface area contributed by atoms with E-state index in [-0.39, 0.29) is 0 Å². The van der Waals surface area contributed by atoms with Crippen molar-refractivity contribution in [2.24, 2.45) is 0 Å². The molecule has 82 valence electrons. The number of hydrogen-bond donors (Lipinski definition) is 2. The number of rotatable bonds is 2. The highest BCUT2D eigenvalue weighted by atomic mass is 35.5. The van der Waals surface area contributed by atoms with E-state index in [1.54, 1.807) is 6.20 Å². The maximum atomic E-state index is 11.2. The molecule has 1 heterocycles. The summed E-state index contributed by atoms with van der Waals surface area (Å²) in [5.74, 6) is -0.539. The second kappa shape index (κ2) is 5.09. The van der Waals surface area contributed by atoms with Gasteiger partial charge in [-0.1, -0.05) is 0 Å². The summed E-state index contributed by atoms with van der Waals surface area (Å²) in [4.78, 5) is 27.1. The lowest BCUT2D eigenvalue weighted by Crippen LogP contribution is -2.38. The summed E-state index contributed by atoms with van der Waals surface area (Å²) >= 11 is 6.80. The normalized spacial score (nSPS) is 11.9. The Hall–Kier alpha value is -1.14. The summed E-state index contributed by atoms with van der Waals surface area (Å²) in [5, 5.41) is 4.21. The van der Waals surface area contributed by atoms with Gasteiger partial charge in [0.15, 0.2) is 5.13 Å². The summed E-state index contributed by atoms with van der Waals surface area (Å²) in [7, 11) is 0. The van der Waals surface area contributed by atoms with Crippen LogP contribution in [-0.2, 0) is 4.79 Å². The van der Waals surface area contributed by atoms with E-state index in [1.165, 1.54) is 18.3 Å². The van der Waals surface area contributed by atoms with Gasteiger partial charge in [0.2, 0.25) is 5.91 Å². The van der Waals surface area contributed by atoms with Crippen molar-refractivity contribution in [2.45, 2.75) is 19.2 Å². The summed E-state index contributed by atoms with van der Waals surface area (Å²) in [5.41, 5.74) is 0. The van der Waals surface area contributed by atoms with E-state index in [4.69, 9.17) is 11.6 Å². The minimum absolute atomic E-state index is 0.444. The number of carbonyl (C=O) groups is 2. The number of aryl methyl sites for hydroxylation is 1. The van der Waals surface area contributed by atoms with Crippen LogP contribution in [0.25, 0.3) is 0 Å². The zero-order valence-corrected chi connectivity index (χ0v) is 9.78. The molecule has 0 saturated carbocycles. The highest BCUT2D eigenvalue weighted by Crippen LogP contribution is 2.15. The number of aromatic nitrogens is 1. The van der Waals surface area contributed by atoms with Crippen LogP contribution < -0.4 is 10.6 Å². The Morgan fingerprint density at radius 3 is 2.73 bits per heavy atom. The van der Waals surface area contributed by atoms with Gasteiger partial charge in [0.05, 0.1) is 0 Å². The van der Waals surface area contributed by atoms with E-state index in [0.29, 0.717) is 5.13 Å². The maximum absolute atomic E-state index is 11.2. The summed E-state index contributed by atoms with van der Waals surface area (Å²) < 4.78 is 0. The summed E-state index contributed by atoms with van der Waals surface area (Å²) in [6.07, 6.45) is 1.63. The first kappa shape index (κ1) is 11.9. The van der Waals surface area contributed by atoms with Gasteiger partial charge in [-0.25, -0.2) is 9.78 Å². The molecule has 0 aliphatic carbocycles. The van der Waals surface area contributed by atoms with Crippen LogP contribution >= 0.6 is 22.9 Å². The molecule has 0 aliphatic rings. The average Bonchev–Trinajstić information content (AvgIpc) is 2.50. The highest BCUT2D eigenvalue weighted by molar-refractivity contribution is 7.15. The van der Waals surface area contributed by atoms with Crippen molar-refractivity contribution in [1.82, 2.24) is 10.3 Å². The number of anilines is 1. The largest absolute Gasteiger partial charge is 0.327 e. The molecule has 0 fully saturated rings. The SMILES string of the molecule is Cc1cnc(NC(=O)NC(=O)C(C)Cl)s1. The Morgan fingerprint density at radius 2 is 2.27 bits per heavy atom. The number of nitrogens with one attached hydrogen (secondary N) is 2. The standard InChI is InChI=1S/C8H10ClN3O2S/c1-4-3-10-8(15-4)12-7(14)11-6(13)5(2)9/h3,5H,1-2H3,(H2,10,11,12,13,14). The Bertz CT molecular complexity index is 378. The molecule has 0 aliphatic heterocycles. The fourth-order valence-electron chi connectivity index (χ4n) is 0.752. The van der Waals surface area contributed by atoms with Gasteiger partial charge in [0.25, 0.3) is 0 Å². The van der Waals surface area contributed by atoms with Crippen LogP contribution in [0.15, 0.2) is 6.20 Å². The highest BCUT2D eigenvalue weighted by Gasteiger charge is 2.13. The number of hydrogen-bond acceptors (Lipinski definition) is 4. The number of thiazole rings is 1. The zero-order chi connectivity index (χ0) is 11.4. The second-order valence-corrected chi connectivity index (χ2v) is 4.72. The van der Waals surface area contributed by atoms with E-state index in [1.807, 2.05) is 6.92 Å². The molecular formula is C8H10ClN3O2S. The molecule has 0 saturated heterocycles. The van der Waals surface area contributed by atoms with Crippen LogP contribution in [0.2, 0.25) is 0 Å². The van der Waals surface area contributed by atoms with Crippen LogP contribution in [0, 0.1) is 6.92 Å². The van der Waals surface area contributed by atoms with Crippen molar-refractivity contribution in [2.75, 3.05) is 5.32 Å². The minimum atomic E-state index is -0.742. The minimum Gasteiger partial charge on any atom is -0.283 e. The molecule has 15 heavy (non-hydrogen) atoms. The number of imide groups is 1. The first-order chi connectivity index (χ1) is 6.99. The molecule has 0 radical (unpaired) electrons. The molecule has 0 bridgehead atoms. The Morgan fingerprint density at radius 1 is 1.60 bits per heavy atom. The molecule has 0 spiro atoms. The average molecular weight is 248 g/mol. The van der Waals surface area contributed by atoms with Gasteiger partial charge in [-0.05, 0) is 13.8 Å². The fraction of sp³-hybridized carbons (Fsp3) is 0.375. The molecule has 3 amide bonds. The molecule has 1 unspecified atom stereocenters. The molecular weight excluding hydrogens is 238 g/mol. The summed E-state index contributed by atoms with van der Waals surface area (Å²) in [6, 6.07) is -0.623. The van der Waals surface area contributed by atoms with Crippen molar-refractivity contribution in [3.05, 3.63) is 11.1 Å². The monoisotopic (exact) mass is 247 g/mol. The molecule has 2 N–H and O–H groups in total. The van der Waals surface area contributed by atoms with Gasteiger partial charge in [-0.15, -0.1) is 22.9 Å². The van der Waals surface area contributed by atoms with Crippen LogP contribution in [0.4, 0.5) is 9.93 Å². The van der Waals surface area contributed by atoms with Gasteiger partial charge in [-0.2, -0.15) is 0 Å². The van der Waals surface area contributed by atoms with Crippen LogP contribution in [0.3, 0.4) is 0 Å². The lowest BCUT2D eigenvalue weighted by Gasteiger charge is -2.04. The number of alkyl halides is 1. The number of amides is 3. The molecule has 0 aromatic carbocycles. The topological polar surface area (TPSA) is 71.1 Å². The van der Waals surface area contributed by atoms with Gasteiger partial charge in [0, 0.05) is 11.1 Å². The lowest BCUT2D eigenvalue weighted by molar-refractivity contribution is -0.119. The maximum Gasteiger partial charge on any atom is 0.327 e. The number of carbonyl (C=O) groups excluding carboxylic acids is 2. The fourth-order valence-corrected chi connectivity index (χ4v) is 1.47. The van der Waals surface area contributed by atoms with Crippen LogP contribution in [0.5, 0.6) is 0 Å². The third kappa shape index (κ3) is 3.85. The predicted molar refractivity (Wildman–Crippen MR) is 59.3 cm³/mol. The van der Waals surface area contributed by atoms with E-state index in [9.17, 15) is 9.59 Å². The Balaban J connectivity index is 2.46. The molecule has 1 atom stereocenters. The molecule has 5 nitrogen and oxygen atoms in total. The van der Waals surface area contributed by atoms with E-state index < -0.39 is 17.3 Å². The van der Waals surface area contributed by atoms with Crippen molar-refractivity contribution >= 4 is 40.0 Å². The number of halogens is 1.